The topological polar surface area (TPSA) is 31.9 Å². The molecule has 0 atom stereocenters. The molecule has 0 bridgehead atoms. The Hall–Kier alpha value is -2.07. The van der Waals surface area contributed by atoms with Gasteiger partial charge in [-0.3, -0.25) is 0 Å². The van der Waals surface area contributed by atoms with Gasteiger partial charge in [0.15, 0.2) is 0 Å². The van der Waals surface area contributed by atoms with Gasteiger partial charge in [0, 0.05) is 59.9 Å². The average molecular weight is 376 g/mol. The molecule has 4 aromatic rings. The fourth-order valence-corrected chi connectivity index (χ4v) is 4.25. The molecule has 1 aliphatic heterocycles. The van der Waals surface area contributed by atoms with Gasteiger partial charge in [0.25, 0.3) is 0 Å². The number of hydrogen-bond donors (Lipinski definition) is 1. The summed E-state index contributed by atoms with van der Waals surface area (Å²) in [6.45, 7) is 4.11. The van der Waals surface area contributed by atoms with Gasteiger partial charge >= 0.3 is 0 Å². The molecule has 0 amide bonds. The van der Waals surface area contributed by atoms with Gasteiger partial charge in [-0.15, -0.1) is 0 Å². The van der Waals surface area contributed by atoms with Gasteiger partial charge in [-0.05, 0) is 48.1 Å². The molecule has 28 heavy (non-hydrogen) atoms. The summed E-state index contributed by atoms with van der Waals surface area (Å²) < 4.78 is 0. The van der Waals surface area contributed by atoms with Crippen molar-refractivity contribution in [1.29, 1.82) is 0 Å². The van der Waals surface area contributed by atoms with Crippen molar-refractivity contribution in [2.45, 2.75) is 26.3 Å². The molecule has 0 aliphatic carbocycles. The molecule has 5 rings (SSSR count). The fourth-order valence-electron chi connectivity index (χ4n) is 4.25. The third-order valence-electron chi connectivity index (χ3n) is 5.66. The number of aromatic nitrogens is 2. The Morgan fingerprint density at radius 1 is 0.964 bits per heavy atom. The van der Waals surface area contributed by atoms with E-state index in [0.717, 1.165) is 31.7 Å². The van der Waals surface area contributed by atoms with Crippen LogP contribution in [-0.4, -0.2) is 46.1 Å². The molecule has 135 valence electrons. The van der Waals surface area contributed by atoms with Crippen molar-refractivity contribution < 1.29 is 0 Å². The summed E-state index contributed by atoms with van der Waals surface area (Å²) in [6.07, 6.45) is 3.93. The Morgan fingerprint density at radius 2 is 1.71 bits per heavy atom. The maximum atomic E-state index is 4.83. The molecule has 4 heteroatoms. The molecule has 2 aromatic carbocycles. The first-order valence-electron chi connectivity index (χ1n) is 9.61. The summed E-state index contributed by atoms with van der Waals surface area (Å²) in [5, 5.41) is 1.28. The Labute approximate surface area is 188 Å². The van der Waals surface area contributed by atoms with Crippen LogP contribution >= 0.6 is 0 Å². The number of nitrogens with one attached hydrogen (secondary N) is 1. The summed E-state index contributed by atoms with van der Waals surface area (Å²) in [6, 6.07) is 21.6. The molecular weight excluding hydrogens is 353 g/mol. The Morgan fingerprint density at radius 3 is 2.54 bits per heavy atom. The van der Waals surface area contributed by atoms with E-state index in [1.807, 2.05) is 6.20 Å². The van der Waals surface area contributed by atoms with Gasteiger partial charge in [0.2, 0.25) is 0 Å². The quantitative estimate of drug-likeness (QED) is 0.528. The van der Waals surface area contributed by atoms with Gasteiger partial charge in [0.05, 0.1) is 5.52 Å². The minimum atomic E-state index is 0. The van der Waals surface area contributed by atoms with Crippen molar-refractivity contribution in [3.05, 3.63) is 94.8 Å². The predicted molar refractivity (Wildman–Crippen MR) is 117 cm³/mol. The molecule has 0 saturated heterocycles. The van der Waals surface area contributed by atoms with Gasteiger partial charge < -0.3 is 9.88 Å². The van der Waals surface area contributed by atoms with Crippen LogP contribution in [0, 0.1) is 6.92 Å². The standard InChI is InChI=1S/C24H23N3.Na/c1-17-21(15-18-7-3-2-4-8-18)23-22(26-17)11-13-25-24(23)27-14-12-19-9-5-6-10-20(19)16-27;/h2-11,13,26H,12,14-16H2,1H3;. The largest absolute Gasteiger partial charge is 0.358 e. The van der Waals surface area contributed by atoms with Crippen LogP contribution in [0.3, 0.4) is 0 Å². The van der Waals surface area contributed by atoms with E-state index in [4.69, 9.17) is 4.98 Å². The molecule has 3 heterocycles. The van der Waals surface area contributed by atoms with E-state index in [-0.39, 0.29) is 29.6 Å². The van der Waals surface area contributed by atoms with Crippen molar-refractivity contribution >= 4 is 46.3 Å². The van der Waals surface area contributed by atoms with Crippen LogP contribution in [-0.2, 0) is 19.4 Å². The summed E-state index contributed by atoms with van der Waals surface area (Å²) in [7, 11) is 0. The van der Waals surface area contributed by atoms with E-state index < -0.39 is 0 Å². The summed E-state index contributed by atoms with van der Waals surface area (Å²) in [4.78, 5) is 10.8. The maximum absolute atomic E-state index is 4.83. The van der Waals surface area contributed by atoms with Gasteiger partial charge in [0.1, 0.15) is 5.82 Å². The van der Waals surface area contributed by atoms with Gasteiger partial charge in [-0.1, -0.05) is 54.6 Å². The van der Waals surface area contributed by atoms with Crippen LogP contribution < -0.4 is 4.90 Å². The zero-order chi connectivity index (χ0) is 18.2. The number of nitrogens with zero attached hydrogens (tertiary/aromatic N) is 2. The van der Waals surface area contributed by atoms with E-state index in [1.165, 1.54) is 38.9 Å². The first-order valence-corrected chi connectivity index (χ1v) is 9.61. The van der Waals surface area contributed by atoms with Crippen LogP contribution in [0.1, 0.15) is 27.9 Å². The predicted octanol–water partition coefficient (Wildman–Crippen LogP) is 4.64. The molecular formula is C24H23N3Na. The van der Waals surface area contributed by atoms with E-state index in [9.17, 15) is 0 Å². The summed E-state index contributed by atoms with van der Waals surface area (Å²) in [5.74, 6) is 1.11. The SMILES string of the molecule is Cc1[nH]c2ccnc(N3CCc4ccccc4C3)c2c1Cc1ccccc1.[Na]. The smallest absolute Gasteiger partial charge is 0.138 e. The van der Waals surface area contributed by atoms with Crippen molar-refractivity contribution in [2.75, 3.05) is 11.4 Å². The van der Waals surface area contributed by atoms with Crippen LogP contribution in [0.15, 0.2) is 66.9 Å². The zero-order valence-electron chi connectivity index (χ0n) is 16.6. The Kier molecular flexibility index (Phi) is 5.58. The number of aromatic amines is 1. The van der Waals surface area contributed by atoms with Gasteiger partial charge in [-0.2, -0.15) is 0 Å². The number of H-pyrrole nitrogens is 1. The Balaban J connectivity index is 0.00000192. The van der Waals surface area contributed by atoms with E-state index in [1.54, 1.807) is 0 Å². The second-order valence-electron chi connectivity index (χ2n) is 7.39. The molecule has 0 unspecified atom stereocenters. The van der Waals surface area contributed by atoms with Gasteiger partial charge in [-0.25, -0.2) is 4.98 Å². The number of fused-ring (bicyclic) bond motifs is 2. The minimum Gasteiger partial charge on any atom is -0.358 e. The van der Waals surface area contributed by atoms with Crippen molar-refractivity contribution in [2.24, 2.45) is 0 Å². The first kappa shape index (κ1) is 19.3. The van der Waals surface area contributed by atoms with E-state index >= 15 is 0 Å². The summed E-state index contributed by atoms with van der Waals surface area (Å²) >= 11 is 0. The number of anilines is 1. The summed E-state index contributed by atoms with van der Waals surface area (Å²) in [5.41, 5.74) is 8.00. The molecule has 3 nitrogen and oxygen atoms in total. The number of pyridine rings is 1. The molecule has 0 fully saturated rings. The molecule has 1 N–H and O–H groups in total. The minimum absolute atomic E-state index is 0. The van der Waals surface area contributed by atoms with Crippen molar-refractivity contribution in [3.8, 4) is 0 Å². The average Bonchev–Trinajstić information content (AvgIpc) is 3.04. The fraction of sp³-hybridized carbons (Fsp3) is 0.208. The van der Waals surface area contributed by atoms with Crippen molar-refractivity contribution in [3.63, 3.8) is 0 Å². The number of hydrogen-bond acceptors (Lipinski definition) is 2. The number of benzene rings is 2. The first-order chi connectivity index (χ1) is 13.3. The monoisotopic (exact) mass is 376 g/mol. The molecule has 1 radical (unpaired) electrons. The van der Waals surface area contributed by atoms with Crippen LogP contribution in [0.2, 0.25) is 0 Å². The molecule has 0 spiro atoms. The maximum Gasteiger partial charge on any atom is 0.138 e. The molecule has 0 saturated carbocycles. The third-order valence-corrected chi connectivity index (χ3v) is 5.66. The van der Waals surface area contributed by atoms with Crippen LogP contribution in [0.25, 0.3) is 10.9 Å². The number of rotatable bonds is 3. The van der Waals surface area contributed by atoms with Crippen LogP contribution in [0.5, 0.6) is 0 Å². The number of aryl methyl sites for hydroxylation is 1. The van der Waals surface area contributed by atoms with E-state index in [2.05, 4.69) is 77.5 Å². The van der Waals surface area contributed by atoms with Crippen molar-refractivity contribution in [1.82, 2.24) is 9.97 Å². The van der Waals surface area contributed by atoms with E-state index in [0.29, 0.717) is 0 Å². The second kappa shape index (κ2) is 8.12. The molecule has 1 aliphatic rings. The molecule has 2 aromatic heterocycles. The normalized spacial score (nSPS) is 13.2. The third kappa shape index (κ3) is 3.50. The second-order valence-corrected chi connectivity index (χ2v) is 7.39. The Bertz CT molecular complexity index is 1100. The van der Waals surface area contributed by atoms with Crippen LogP contribution in [0.4, 0.5) is 5.82 Å². The zero-order valence-corrected chi connectivity index (χ0v) is 18.6.